The zero-order valence-corrected chi connectivity index (χ0v) is 31.1. The van der Waals surface area contributed by atoms with Crippen LogP contribution in [-0.2, 0) is 9.47 Å². The highest BCUT2D eigenvalue weighted by Gasteiger charge is 2.56. The van der Waals surface area contributed by atoms with Crippen molar-refractivity contribution in [1.82, 2.24) is 29.7 Å². The molecule has 2 amide bonds. The number of amides is 2. The van der Waals surface area contributed by atoms with E-state index in [0.29, 0.717) is 39.4 Å². The van der Waals surface area contributed by atoms with Crippen LogP contribution in [0.15, 0.2) is 69.2 Å². The lowest BCUT2D eigenvalue weighted by atomic mass is 9.97. The highest BCUT2D eigenvalue weighted by Crippen LogP contribution is 2.59. The Balaban J connectivity index is 1.05. The summed E-state index contributed by atoms with van der Waals surface area (Å²) in [5.41, 5.74) is 2.75. The second kappa shape index (κ2) is 12.4. The number of aliphatic imine (C=N–C) groups is 1. The summed E-state index contributed by atoms with van der Waals surface area (Å²) in [4.78, 5) is 50.9. The van der Waals surface area contributed by atoms with Gasteiger partial charge >= 0.3 is 12.2 Å². The number of anilines is 1. The van der Waals surface area contributed by atoms with E-state index < -0.39 is 23.4 Å². The third-order valence-corrected chi connectivity index (χ3v) is 9.48. The van der Waals surface area contributed by atoms with Crippen LogP contribution < -0.4 is 10.5 Å². The van der Waals surface area contributed by atoms with Gasteiger partial charge in [0, 0.05) is 40.9 Å². The molecule has 1 saturated carbocycles. The first-order valence-corrected chi connectivity index (χ1v) is 17.7. The fraction of sp³-hybridized carbons (Fsp3) is 0.351. The fourth-order valence-electron chi connectivity index (χ4n) is 6.86. The van der Waals surface area contributed by atoms with Crippen LogP contribution in [-0.4, -0.2) is 58.8 Å². The Labute approximate surface area is 313 Å². The van der Waals surface area contributed by atoms with E-state index in [-0.39, 0.29) is 34.4 Å². The number of hydrogen-bond donors (Lipinski definition) is 0. The number of carbonyl (C=O) groups excluding carboxylic acids is 2. The predicted molar refractivity (Wildman–Crippen MR) is 198 cm³/mol. The topological polar surface area (TPSA) is 160 Å². The van der Waals surface area contributed by atoms with Crippen LogP contribution in [0.4, 0.5) is 15.4 Å². The number of carbonyl (C=O) groups is 2. The molecule has 53 heavy (non-hydrogen) atoms. The molecule has 0 N–H and O–H groups in total. The Hall–Kier alpha value is -5.34. The second-order valence-electron chi connectivity index (χ2n) is 15.3. The number of imide groups is 1. The zero-order chi connectivity index (χ0) is 37.6. The van der Waals surface area contributed by atoms with Gasteiger partial charge in [0.15, 0.2) is 16.6 Å². The van der Waals surface area contributed by atoms with E-state index in [0.717, 1.165) is 34.0 Å². The third kappa shape index (κ3) is 6.50. The van der Waals surface area contributed by atoms with Crippen LogP contribution in [0.5, 0.6) is 0 Å². The van der Waals surface area contributed by atoms with Gasteiger partial charge in [-0.1, -0.05) is 39.6 Å². The van der Waals surface area contributed by atoms with Gasteiger partial charge in [-0.2, -0.15) is 4.90 Å². The lowest BCUT2D eigenvalue weighted by Crippen LogP contribution is -2.44. The molecule has 2 aromatic carbocycles. The molecule has 2 aliphatic heterocycles. The molecule has 8 rings (SSSR count). The minimum Gasteiger partial charge on any atom is -0.443 e. The molecule has 14 nitrogen and oxygen atoms in total. The van der Waals surface area contributed by atoms with Crippen molar-refractivity contribution in [2.24, 2.45) is 10.9 Å². The molecule has 1 fully saturated rings. The Kier molecular flexibility index (Phi) is 8.11. The molecule has 1 aliphatic carbocycles. The van der Waals surface area contributed by atoms with Crippen LogP contribution in [0, 0.1) is 5.92 Å². The van der Waals surface area contributed by atoms with Gasteiger partial charge in [-0.3, -0.25) is 14.4 Å². The molecule has 3 atom stereocenters. The number of benzene rings is 2. The third-order valence-electron chi connectivity index (χ3n) is 9.07. The molecule has 272 valence electrons. The minimum atomic E-state index is -0.942. The molecule has 0 radical (unpaired) electrons. The molecule has 16 heteroatoms. The molecule has 0 saturated heterocycles. The maximum atomic E-state index is 13.9. The molecular formula is C37H34Cl2N8O6. The Morgan fingerprint density at radius 2 is 1.72 bits per heavy atom. The minimum absolute atomic E-state index is 0.0454. The normalized spacial score (nSPS) is 19.1. The lowest BCUT2D eigenvalue weighted by Gasteiger charge is -2.27. The smallest absolute Gasteiger partial charge is 0.425 e. The van der Waals surface area contributed by atoms with E-state index in [4.69, 9.17) is 47.2 Å². The summed E-state index contributed by atoms with van der Waals surface area (Å²) in [7, 11) is 0. The van der Waals surface area contributed by atoms with Gasteiger partial charge in [0.1, 0.15) is 17.0 Å². The van der Waals surface area contributed by atoms with Crippen LogP contribution >= 0.6 is 23.2 Å². The molecule has 0 bridgehead atoms. The van der Waals surface area contributed by atoms with Crippen molar-refractivity contribution in [3.63, 3.8) is 0 Å². The SMILES string of the molecule is CC(C)(C)OC(=O)N(C(=O)OC(C)(C)C)c1noc2cc(C3=CN=C([C@@H]4[C@H]5C[C@H]5c5nc(-c6cc(Cl)ccc6-n6cc(Cl)nn6)cc(=O)n54)C3)ccc12. The van der Waals surface area contributed by atoms with Crippen molar-refractivity contribution in [3.8, 4) is 16.9 Å². The van der Waals surface area contributed by atoms with E-state index in [1.807, 2.05) is 6.07 Å². The van der Waals surface area contributed by atoms with Crippen molar-refractivity contribution < 1.29 is 23.6 Å². The average Bonchev–Trinajstić information content (AvgIpc) is 3.42. The maximum absolute atomic E-state index is 13.9. The Morgan fingerprint density at radius 3 is 2.40 bits per heavy atom. The van der Waals surface area contributed by atoms with Crippen LogP contribution in [0.3, 0.4) is 0 Å². The average molecular weight is 758 g/mol. The van der Waals surface area contributed by atoms with Gasteiger partial charge in [0.05, 0.1) is 29.0 Å². The zero-order valence-electron chi connectivity index (χ0n) is 29.6. The fourth-order valence-corrected chi connectivity index (χ4v) is 7.16. The van der Waals surface area contributed by atoms with E-state index in [9.17, 15) is 14.4 Å². The van der Waals surface area contributed by atoms with Gasteiger partial charge in [-0.25, -0.2) is 19.3 Å². The number of allylic oxidation sites excluding steroid dienone is 1. The van der Waals surface area contributed by atoms with Crippen molar-refractivity contribution in [2.75, 3.05) is 4.90 Å². The van der Waals surface area contributed by atoms with Crippen molar-refractivity contribution in [3.05, 3.63) is 86.8 Å². The summed E-state index contributed by atoms with van der Waals surface area (Å²) in [5, 5.41) is 13.2. The quantitative estimate of drug-likeness (QED) is 0.171. The van der Waals surface area contributed by atoms with Crippen LogP contribution in [0.1, 0.15) is 77.7 Å². The van der Waals surface area contributed by atoms with Gasteiger partial charge in [-0.05, 0) is 95.3 Å². The summed E-state index contributed by atoms with van der Waals surface area (Å²) in [6, 6.07) is 11.9. The van der Waals surface area contributed by atoms with Crippen molar-refractivity contribution in [2.45, 2.75) is 77.5 Å². The highest BCUT2D eigenvalue weighted by atomic mass is 35.5. The first-order valence-electron chi connectivity index (χ1n) is 17.0. The van der Waals surface area contributed by atoms with Crippen LogP contribution in [0.2, 0.25) is 10.2 Å². The number of fused-ring (bicyclic) bond motifs is 4. The van der Waals surface area contributed by atoms with Gasteiger partial charge in [-0.15, -0.1) is 5.10 Å². The number of hydrogen-bond acceptors (Lipinski definition) is 11. The summed E-state index contributed by atoms with van der Waals surface area (Å²) in [6.07, 6.45) is 2.89. The van der Waals surface area contributed by atoms with Crippen molar-refractivity contribution in [1.29, 1.82) is 0 Å². The summed E-state index contributed by atoms with van der Waals surface area (Å²) >= 11 is 12.4. The van der Waals surface area contributed by atoms with Crippen LogP contribution in [0.25, 0.3) is 33.5 Å². The number of aromatic nitrogens is 6. The number of halogens is 2. The Bertz CT molecular complexity index is 2440. The summed E-state index contributed by atoms with van der Waals surface area (Å²) in [6.45, 7) is 10.2. The van der Waals surface area contributed by atoms with Crippen molar-refractivity contribution >= 4 is 63.5 Å². The largest absolute Gasteiger partial charge is 0.443 e. The molecule has 5 heterocycles. The monoisotopic (exact) mass is 756 g/mol. The van der Waals surface area contributed by atoms with Gasteiger partial charge < -0.3 is 14.0 Å². The summed E-state index contributed by atoms with van der Waals surface area (Å²) in [5.74, 6) is 1.01. The predicted octanol–water partition coefficient (Wildman–Crippen LogP) is 8.16. The van der Waals surface area contributed by atoms with Gasteiger partial charge in [0.2, 0.25) is 0 Å². The van der Waals surface area contributed by atoms with E-state index in [1.54, 1.807) is 88.8 Å². The first kappa shape index (κ1) is 34.7. The summed E-state index contributed by atoms with van der Waals surface area (Å²) < 4.78 is 20.0. The molecule has 3 aromatic heterocycles. The van der Waals surface area contributed by atoms with E-state index in [2.05, 4.69) is 15.5 Å². The number of ether oxygens (including phenoxy) is 2. The molecule has 0 unspecified atom stereocenters. The standard InChI is InChI=1S/C37H34Cl2N8O6/c1-36(2,3)51-34(49)47(35(50)52-37(4,5)6)33-21-9-7-18(12-28(21)53-43-33)19-11-26(40-16-19)31-22-14-23(22)32-41-25(15-30(48)46(31)32)24-13-20(38)8-10-27(24)45-17-29(39)42-44-45/h7-10,12-13,15-17,22-23,31H,11,14H2,1-6H3/t22-,23+,31-/m0/s1. The Morgan fingerprint density at radius 1 is 0.981 bits per heavy atom. The molecule has 0 spiro atoms. The number of rotatable bonds is 5. The lowest BCUT2D eigenvalue weighted by molar-refractivity contribution is 0.0428. The molecule has 3 aliphatic rings. The highest BCUT2D eigenvalue weighted by molar-refractivity contribution is 6.31. The first-order chi connectivity index (χ1) is 25.0. The molecule has 5 aromatic rings. The second-order valence-corrected chi connectivity index (χ2v) is 16.1. The van der Waals surface area contributed by atoms with E-state index in [1.165, 1.54) is 10.7 Å². The van der Waals surface area contributed by atoms with E-state index >= 15 is 0 Å². The molecular weight excluding hydrogens is 723 g/mol. The van der Waals surface area contributed by atoms with Gasteiger partial charge in [0.25, 0.3) is 5.56 Å². The number of nitrogens with zero attached hydrogens (tertiary/aromatic N) is 8. The maximum Gasteiger partial charge on any atom is 0.425 e.